The molecule has 1 heterocycles. The first-order valence-electron chi connectivity index (χ1n) is 9.72. The number of urea groups is 1. The van der Waals surface area contributed by atoms with Gasteiger partial charge in [0.1, 0.15) is 5.82 Å². The Hall–Kier alpha value is -2.67. The van der Waals surface area contributed by atoms with Crippen LogP contribution in [0.1, 0.15) is 17.5 Å². The second kappa shape index (κ2) is 9.69. The summed E-state index contributed by atoms with van der Waals surface area (Å²) in [5, 5.41) is 2.87. The molecule has 1 N–H and O–H groups in total. The van der Waals surface area contributed by atoms with Crippen LogP contribution in [0.3, 0.4) is 0 Å². The van der Waals surface area contributed by atoms with Gasteiger partial charge in [-0.25, -0.2) is 13.6 Å². The molecule has 2 aromatic rings. The van der Waals surface area contributed by atoms with E-state index in [1.165, 1.54) is 25.3 Å². The molecule has 0 radical (unpaired) electrons. The molecule has 0 bridgehead atoms. The van der Waals surface area contributed by atoms with Gasteiger partial charge in [0, 0.05) is 26.2 Å². The molecule has 0 spiro atoms. The Morgan fingerprint density at radius 1 is 1.21 bits per heavy atom. The lowest BCUT2D eigenvalue weighted by atomic mass is 10.1. The molecule has 1 aliphatic rings. The van der Waals surface area contributed by atoms with Gasteiger partial charge in [-0.1, -0.05) is 18.2 Å². The fraction of sp³-hybridized carbons (Fsp3) is 0.409. The van der Waals surface area contributed by atoms with E-state index in [2.05, 4.69) is 17.3 Å². The number of ether oxygens (including phenoxy) is 1. The van der Waals surface area contributed by atoms with Gasteiger partial charge in [-0.15, -0.1) is 0 Å². The van der Waals surface area contributed by atoms with E-state index in [9.17, 15) is 13.6 Å². The van der Waals surface area contributed by atoms with Crippen LogP contribution in [0.5, 0.6) is 5.75 Å². The first kappa shape index (κ1) is 21.0. The quantitative estimate of drug-likeness (QED) is 0.768. The zero-order chi connectivity index (χ0) is 20.8. The van der Waals surface area contributed by atoms with Crippen LogP contribution in [0.4, 0.5) is 13.6 Å². The third-order valence-corrected chi connectivity index (χ3v) is 5.20. The summed E-state index contributed by atoms with van der Waals surface area (Å²) >= 11 is 0. The first-order chi connectivity index (χ1) is 13.9. The van der Waals surface area contributed by atoms with Crippen LogP contribution < -0.4 is 10.1 Å². The lowest BCUT2D eigenvalue weighted by Gasteiger charge is -2.26. The van der Waals surface area contributed by atoms with Crippen molar-refractivity contribution in [2.75, 3.05) is 33.8 Å². The minimum atomic E-state index is -0.462. The summed E-state index contributed by atoms with van der Waals surface area (Å²) in [7, 11) is 3.48. The number of halogens is 2. The molecule has 2 amide bonds. The zero-order valence-electron chi connectivity index (χ0n) is 16.8. The Morgan fingerprint density at radius 2 is 1.93 bits per heavy atom. The number of nitrogens with zero attached hydrogens (tertiary/aromatic N) is 2. The Bertz CT molecular complexity index is 829. The van der Waals surface area contributed by atoms with Gasteiger partial charge in [0.05, 0.1) is 7.11 Å². The number of carbonyl (C=O) groups is 1. The van der Waals surface area contributed by atoms with E-state index in [0.717, 1.165) is 25.1 Å². The Labute approximate surface area is 170 Å². The predicted octanol–water partition coefficient (Wildman–Crippen LogP) is 3.64. The Kier molecular flexibility index (Phi) is 7.04. The predicted molar refractivity (Wildman–Crippen MR) is 108 cm³/mol. The summed E-state index contributed by atoms with van der Waals surface area (Å²) in [6.07, 6.45) is 1.04. The molecular formula is C22H27F2N3O2. The molecule has 7 heteroatoms. The van der Waals surface area contributed by atoms with E-state index >= 15 is 0 Å². The van der Waals surface area contributed by atoms with Crippen LogP contribution in [0, 0.1) is 17.6 Å². The number of benzene rings is 2. The van der Waals surface area contributed by atoms with Gasteiger partial charge in [0.15, 0.2) is 11.6 Å². The van der Waals surface area contributed by atoms with Crippen LogP contribution in [-0.2, 0) is 13.1 Å². The van der Waals surface area contributed by atoms with Crippen molar-refractivity contribution in [3.63, 3.8) is 0 Å². The minimum absolute atomic E-state index is 0.170. The number of likely N-dealkylation sites (tertiary alicyclic amines) is 1. The highest BCUT2D eigenvalue weighted by atomic mass is 19.1. The lowest BCUT2D eigenvalue weighted by molar-refractivity contribution is 0.184. The van der Waals surface area contributed by atoms with Crippen molar-refractivity contribution in [3.05, 3.63) is 65.2 Å². The van der Waals surface area contributed by atoms with Crippen molar-refractivity contribution in [1.82, 2.24) is 15.1 Å². The number of hydrogen-bond donors (Lipinski definition) is 1. The average Bonchev–Trinajstić information content (AvgIpc) is 3.12. The number of methoxy groups -OCH3 is 1. The van der Waals surface area contributed by atoms with Crippen molar-refractivity contribution in [2.24, 2.45) is 5.92 Å². The van der Waals surface area contributed by atoms with E-state index in [-0.39, 0.29) is 24.1 Å². The molecule has 1 fully saturated rings. The maximum Gasteiger partial charge on any atom is 0.317 e. The highest BCUT2D eigenvalue weighted by Crippen LogP contribution is 2.19. The van der Waals surface area contributed by atoms with Crippen LogP contribution >= 0.6 is 0 Å². The summed E-state index contributed by atoms with van der Waals surface area (Å²) in [4.78, 5) is 16.9. The summed E-state index contributed by atoms with van der Waals surface area (Å²) < 4.78 is 32.0. The third-order valence-electron chi connectivity index (χ3n) is 5.20. The van der Waals surface area contributed by atoms with Crippen LogP contribution in [-0.4, -0.2) is 49.6 Å². The Morgan fingerprint density at radius 3 is 2.55 bits per heavy atom. The van der Waals surface area contributed by atoms with Crippen molar-refractivity contribution < 1.29 is 18.3 Å². The number of carbonyl (C=O) groups excluding carboxylic acids is 1. The maximum absolute atomic E-state index is 13.9. The van der Waals surface area contributed by atoms with E-state index in [1.54, 1.807) is 29.2 Å². The molecule has 0 aliphatic carbocycles. The highest BCUT2D eigenvalue weighted by Gasteiger charge is 2.24. The molecule has 1 atom stereocenters. The molecular weight excluding hydrogens is 376 g/mol. The van der Waals surface area contributed by atoms with E-state index < -0.39 is 5.82 Å². The highest BCUT2D eigenvalue weighted by molar-refractivity contribution is 5.74. The fourth-order valence-corrected chi connectivity index (χ4v) is 3.63. The second-order valence-electron chi connectivity index (χ2n) is 7.55. The van der Waals surface area contributed by atoms with Gasteiger partial charge in [0.25, 0.3) is 0 Å². The van der Waals surface area contributed by atoms with Crippen LogP contribution in [0.15, 0.2) is 42.5 Å². The van der Waals surface area contributed by atoms with Crippen LogP contribution in [0.2, 0.25) is 0 Å². The molecule has 0 saturated carbocycles. The summed E-state index contributed by atoms with van der Waals surface area (Å²) in [6.45, 7) is 3.18. The number of amides is 2. The number of rotatable bonds is 7. The standard InChI is InChI=1S/C22H27F2N3O2/c1-26-10-9-18(13-26)15-27(14-16-3-6-19(23)7-4-16)22(28)25-12-17-5-8-21(29-2)20(24)11-17/h3-8,11,18H,9-10,12-15H2,1-2H3,(H,25,28)/t18-/m1/s1. The SMILES string of the molecule is COc1ccc(CNC(=O)N(Cc2ccc(F)cc2)C[C@@H]2CCN(C)C2)cc1F. The van der Waals surface area contributed by atoms with Gasteiger partial charge in [-0.05, 0) is 61.3 Å². The van der Waals surface area contributed by atoms with Gasteiger partial charge < -0.3 is 19.9 Å². The van der Waals surface area contributed by atoms with Crippen molar-refractivity contribution in [2.45, 2.75) is 19.5 Å². The van der Waals surface area contributed by atoms with Crippen molar-refractivity contribution in [1.29, 1.82) is 0 Å². The topological polar surface area (TPSA) is 44.8 Å². The molecule has 1 saturated heterocycles. The van der Waals surface area contributed by atoms with E-state index in [4.69, 9.17) is 4.74 Å². The van der Waals surface area contributed by atoms with Crippen molar-refractivity contribution in [3.8, 4) is 5.75 Å². The van der Waals surface area contributed by atoms with Gasteiger partial charge in [-0.3, -0.25) is 0 Å². The molecule has 156 valence electrons. The second-order valence-corrected chi connectivity index (χ2v) is 7.55. The maximum atomic E-state index is 13.9. The van der Waals surface area contributed by atoms with Gasteiger partial charge >= 0.3 is 6.03 Å². The first-order valence-corrected chi connectivity index (χ1v) is 9.72. The molecule has 0 aromatic heterocycles. The molecule has 29 heavy (non-hydrogen) atoms. The smallest absolute Gasteiger partial charge is 0.317 e. The monoisotopic (exact) mass is 403 g/mol. The van der Waals surface area contributed by atoms with Crippen molar-refractivity contribution >= 4 is 6.03 Å². The van der Waals surface area contributed by atoms with E-state index in [1.807, 2.05) is 0 Å². The largest absolute Gasteiger partial charge is 0.494 e. The molecule has 1 aliphatic heterocycles. The Balaban J connectivity index is 1.65. The number of hydrogen-bond acceptors (Lipinski definition) is 3. The van der Waals surface area contributed by atoms with E-state index in [0.29, 0.717) is 24.6 Å². The lowest BCUT2D eigenvalue weighted by Crippen LogP contribution is -2.42. The summed E-state index contributed by atoms with van der Waals surface area (Å²) in [5.41, 5.74) is 1.52. The van der Waals surface area contributed by atoms with Gasteiger partial charge in [-0.2, -0.15) is 0 Å². The fourth-order valence-electron chi connectivity index (χ4n) is 3.63. The molecule has 2 aromatic carbocycles. The normalized spacial score (nSPS) is 16.6. The molecule has 5 nitrogen and oxygen atoms in total. The average molecular weight is 403 g/mol. The third kappa shape index (κ3) is 5.90. The van der Waals surface area contributed by atoms with Crippen LogP contribution in [0.25, 0.3) is 0 Å². The minimum Gasteiger partial charge on any atom is -0.494 e. The molecule has 0 unspecified atom stereocenters. The summed E-state index contributed by atoms with van der Waals surface area (Å²) in [5.74, 6) is -0.201. The molecule has 3 rings (SSSR count). The summed E-state index contributed by atoms with van der Waals surface area (Å²) in [6, 6.07) is 10.6. The zero-order valence-corrected chi connectivity index (χ0v) is 16.8. The number of nitrogens with one attached hydrogen (secondary N) is 1. The van der Waals surface area contributed by atoms with Gasteiger partial charge in [0.2, 0.25) is 0 Å².